The highest BCUT2D eigenvalue weighted by molar-refractivity contribution is 6.33. The van der Waals surface area contributed by atoms with Crippen LogP contribution in [0.3, 0.4) is 0 Å². The van der Waals surface area contributed by atoms with Crippen LogP contribution in [0.5, 0.6) is 5.75 Å². The fraction of sp³-hybridized carbons (Fsp3) is 0.158. The molecule has 0 aliphatic heterocycles. The van der Waals surface area contributed by atoms with Crippen LogP contribution in [0.1, 0.15) is 12.3 Å². The second-order valence-electron chi connectivity index (χ2n) is 5.67. The van der Waals surface area contributed by atoms with Gasteiger partial charge in [0.1, 0.15) is 5.75 Å². The lowest BCUT2D eigenvalue weighted by Gasteiger charge is -2.09. The highest BCUT2D eigenvalue weighted by Gasteiger charge is 2.13. The molecule has 2 aromatic carbocycles. The number of hydrogen-bond acceptors (Lipinski definition) is 4. The highest BCUT2D eigenvalue weighted by atomic mass is 35.5. The zero-order valence-corrected chi connectivity index (χ0v) is 15.8. The standard InChI is InChI=1S/C19H14Cl2F2N2O3/c20-13-4-2-1-3-12(13)16-10-24-18(27-16)8-7-17(26)25-11-5-6-15(14(21)9-11)28-19(22)23/h1-6,9-10,19H,7-8H2,(H,25,26). The Morgan fingerprint density at radius 3 is 2.68 bits per heavy atom. The number of oxazole rings is 1. The summed E-state index contributed by atoms with van der Waals surface area (Å²) in [5.74, 6) is 0.434. The molecule has 3 rings (SSSR count). The van der Waals surface area contributed by atoms with E-state index in [1.165, 1.54) is 18.2 Å². The Balaban J connectivity index is 1.56. The Morgan fingerprint density at radius 1 is 1.18 bits per heavy atom. The number of carbonyl (C=O) groups is 1. The van der Waals surface area contributed by atoms with Crippen molar-refractivity contribution in [1.29, 1.82) is 0 Å². The van der Waals surface area contributed by atoms with E-state index in [0.717, 1.165) is 0 Å². The summed E-state index contributed by atoms with van der Waals surface area (Å²) in [5, 5.41) is 3.13. The van der Waals surface area contributed by atoms with Crippen molar-refractivity contribution in [1.82, 2.24) is 4.98 Å². The molecule has 1 aromatic heterocycles. The maximum absolute atomic E-state index is 12.2. The number of ether oxygens (including phenoxy) is 1. The van der Waals surface area contributed by atoms with Gasteiger partial charge in [-0.05, 0) is 30.3 Å². The quantitative estimate of drug-likeness (QED) is 0.516. The van der Waals surface area contributed by atoms with E-state index in [0.29, 0.717) is 27.9 Å². The number of nitrogens with zero attached hydrogens (tertiary/aromatic N) is 1. The first-order valence-electron chi connectivity index (χ1n) is 8.16. The van der Waals surface area contributed by atoms with E-state index in [1.807, 2.05) is 18.2 Å². The molecule has 0 saturated heterocycles. The predicted molar refractivity (Wildman–Crippen MR) is 102 cm³/mol. The van der Waals surface area contributed by atoms with Crippen molar-refractivity contribution < 1.29 is 22.7 Å². The van der Waals surface area contributed by atoms with Crippen molar-refractivity contribution in [2.75, 3.05) is 5.32 Å². The van der Waals surface area contributed by atoms with E-state index in [-0.39, 0.29) is 29.5 Å². The Bertz CT molecular complexity index is 979. The molecular weight excluding hydrogens is 413 g/mol. The van der Waals surface area contributed by atoms with E-state index < -0.39 is 6.61 Å². The molecule has 5 nitrogen and oxygen atoms in total. The molecule has 146 valence electrons. The van der Waals surface area contributed by atoms with Gasteiger partial charge in [-0.15, -0.1) is 0 Å². The van der Waals surface area contributed by atoms with Gasteiger partial charge in [0.15, 0.2) is 11.7 Å². The van der Waals surface area contributed by atoms with E-state index in [1.54, 1.807) is 12.3 Å². The highest BCUT2D eigenvalue weighted by Crippen LogP contribution is 2.30. The van der Waals surface area contributed by atoms with Crippen LogP contribution >= 0.6 is 23.2 Å². The van der Waals surface area contributed by atoms with Gasteiger partial charge in [0.25, 0.3) is 0 Å². The van der Waals surface area contributed by atoms with Crippen LogP contribution in [0.15, 0.2) is 53.1 Å². The molecule has 0 saturated carbocycles. The third kappa shape index (κ3) is 5.21. The van der Waals surface area contributed by atoms with Crippen molar-refractivity contribution >= 4 is 34.8 Å². The zero-order chi connectivity index (χ0) is 20.1. The molecule has 0 radical (unpaired) electrons. The summed E-state index contributed by atoms with van der Waals surface area (Å²) in [4.78, 5) is 16.2. The topological polar surface area (TPSA) is 64.4 Å². The zero-order valence-electron chi connectivity index (χ0n) is 14.3. The molecule has 1 amide bonds. The Hall–Kier alpha value is -2.64. The average molecular weight is 427 g/mol. The summed E-state index contributed by atoms with van der Waals surface area (Å²) < 4.78 is 34.4. The molecule has 1 N–H and O–H groups in total. The summed E-state index contributed by atoms with van der Waals surface area (Å²) in [6, 6.07) is 11.2. The summed E-state index contributed by atoms with van der Waals surface area (Å²) in [6.07, 6.45) is 1.93. The number of alkyl halides is 2. The maximum atomic E-state index is 12.2. The van der Waals surface area contributed by atoms with Gasteiger partial charge in [0.2, 0.25) is 5.91 Å². The predicted octanol–water partition coefficient (Wildman–Crippen LogP) is 5.82. The van der Waals surface area contributed by atoms with E-state index >= 15 is 0 Å². The second kappa shape index (κ2) is 9.03. The van der Waals surface area contributed by atoms with Gasteiger partial charge in [-0.3, -0.25) is 4.79 Å². The molecular formula is C19H14Cl2F2N2O3. The smallest absolute Gasteiger partial charge is 0.387 e. The number of amides is 1. The third-order valence-electron chi connectivity index (χ3n) is 3.69. The number of nitrogens with one attached hydrogen (secondary N) is 1. The first-order chi connectivity index (χ1) is 13.4. The molecule has 0 atom stereocenters. The van der Waals surface area contributed by atoms with Gasteiger partial charge in [-0.1, -0.05) is 35.3 Å². The lowest BCUT2D eigenvalue weighted by atomic mass is 10.2. The van der Waals surface area contributed by atoms with Gasteiger partial charge in [0.05, 0.1) is 16.2 Å². The summed E-state index contributed by atoms with van der Waals surface area (Å²) in [7, 11) is 0. The molecule has 0 bridgehead atoms. The Kier molecular flexibility index (Phi) is 6.49. The Morgan fingerprint density at radius 2 is 1.96 bits per heavy atom. The fourth-order valence-electron chi connectivity index (χ4n) is 2.43. The number of halogens is 4. The molecule has 0 aliphatic carbocycles. The molecule has 3 aromatic rings. The minimum Gasteiger partial charge on any atom is -0.441 e. The first-order valence-corrected chi connectivity index (χ1v) is 8.92. The number of benzene rings is 2. The number of carbonyl (C=O) groups excluding carboxylic acids is 1. The molecule has 0 fully saturated rings. The third-order valence-corrected chi connectivity index (χ3v) is 4.32. The van der Waals surface area contributed by atoms with Crippen LogP contribution in [0.2, 0.25) is 10.0 Å². The lowest BCUT2D eigenvalue weighted by Crippen LogP contribution is -2.12. The minimum atomic E-state index is -2.98. The SMILES string of the molecule is O=C(CCc1ncc(-c2ccccc2Cl)o1)Nc1ccc(OC(F)F)c(Cl)c1. The fourth-order valence-corrected chi connectivity index (χ4v) is 2.88. The number of aromatic nitrogens is 1. The molecule has 0 spiro atoms. The molecule has 0 aliphatic rings. The van der Waals surface area contributed by atoms with Crippen LogP contribution in [0.4, 0.5) is 14.5 Å². The van der Waals surface area contributed by atoms with Gasteiger partial charge in [-0.25, -0.2) is 4.98 Å². The summed E-state index contributed by atoms with van der Waals surface area (Å²) in [6.45, 7) is -2.98. The van der Waals surface area contributed by atoms with E-state index in [9.17, 15) is 13.6 Å². The monoisotopic (exact) mass is 426 g/mol. The van der Waals surface area contributed by atoms with E-state index in [4.69, 9.17) is 27.6 Å². The van der Waals surface area contributed by atoms with Crippen LogP contribution in [0, 0.1) is 0 Å². The van der Waals surface area contributed by atoms with Gasteiger partial charge >= 0.3 is 6.61 Å². The summed E-state index contributed by atoms with van der Waals surface area (Å²) in [5.41, 5.74) is 1.08. The lowest BCUT2D eigenvalue weighted by molar-refractivity contribution is -0.116. The molecule has 28 heavy (non-hydrogen) atoms. The van der Waals surface area contributed by atoms with Crippen LogP contribution in [-0.4, -0.2) is 17.5 Å². The minimum absolute atomic E-state index is 0.0322. The van der Waals surface area contributed by atoms with E-state index in [2.05, 4.69) is 15.0 Å². The molecule has 1 heterocycles. The van der Waals surface area contributed by atoms with Crippen molar-refractivity contribution in [3.05, 3.63) is 64.6 Å². The van der Waals surface area contributed by atoms with Gasteiger partial charge in [-0.2, -0.15) is 8.78 Å². The maximum Gasteiger partial charge on any atom is 0.387 e. The van der Waals surface area contributed by atoms with Crippen molar-refractivity contribution in [2.45, 2.75) is 19.5 Å². The number of aryl methyl sites for hydroxylation is 1. The van der Waals surface area contributed by atoms with Gasteiger partial charge < -0.3 is 14.5 Å². The van der Waals surface area contributed by atoms with Crippen molar-refractivity contribution in [2.24, 2.45) is 0 Å². The molecule has 0 unspecified atom stereocenters. The largest absolute Gasteiger partial charge is 0.441 e. The first kappa shape index (κ1) is 20.1. The second-order valence-corrected chi connectivity index (χ2v) is 6.48. The van der Waals surface area contributed by atoms with Gasteiger partial charge in [0, 0.05) is 24.1 Å². The molecule has 9 heteroatoms. The van der Waals surface area contributed by atoms with Crippen LogP contribution in [-0.2, 0) is 11.2 Å². The van der Waals surface area contributed by atoms with Crippen molar-refractivity contribution in [3.63, 3.8) is 0 Å². The number of rotatable bonds is 7. The number of hydrogen-bond donors (Lipinski definition) is 1. The van der Waals surface area contributed by atoms with Crippen molar-refractivity contribution in [3.8, 4) is 17.1 Å². The number of anilines is 1. The normalized spacial score (nSPS) is 10.9. The Labute approximate surface area is 169 Å². The average Bonchev–Trinajstić information content (AvgIpc) is 3.11. The van der Waals surface area contributed by atoms with Crippen LogP contribution < -0.4 is 10.1 Å². The van der Waals surface area contributed by atoms with Crippen LogP contribution in [0.25, 0.3) is 11.3 Å². The summed E-state index contributed by atoms with van der Waals surface area (Å²) >= 11 is 12.0.